The summed E-state index contributed by atoms with van der Waals surface area (Å²) in [6.07, 6.45) is 0. The fourth-order valence-electron chi connectivity index (χ4n) is 2.26. The summed E-state index contributed by atoms with van der Waals surface area (Å²) in [6.45, 7) is 0.591. The molecule has 6 heteroatoms. The van der Waals surface area contributed by atoms with E-state index in [-0.39, 0.29) is 5.82 Å². The molecule has 2 aromatic carbocycles. The van der Waals surface area contributed by atoms with Gasteiger partial charge in [0.2, 0.25) is 0 Å². The highest BCUT2D eigenvalue weighted by Gasteiger charge is 2.09. The van der Waals surface area contributed by atoms with Crippen molar-refractivity contribution in [3.63, 3.8) is 0 Å². The highest BCUT2D eigenvalue weighted by molar-refractivity contribution is 9.10. The summed E-state index contributed by atoms with van der Waals surface area (Å²) < 4.78 is 21.7. The van der Waals surface area contributed by atoms with Gasteiger partial charge in [-0.05, 0) is 51.9 Å². The van der Waals surface area contributed by atoms with Crippen molar-refractivity contribution in [3.8, 4) is 5.75 Å². The Labute approximate surface area is 134 Å². The average Bonchev–Trinajstić information content (AvgIpc) is 2.76. The summed E-state index contributed by atoms with van der Waals surface area (Å²) in [4.78, 5) is 3.03. The van der Waals surface area contributed by atoms with Crippen molar-refractivity contribution in [1.29, 1.82) is 0 Å². The molecule has 0 unspecified atom stereocenters. The minimum absolute atomic E-state index is 0.313. The van der Waals surface area contributed by atoms with E-state index in [9.17, 15) is 4.39 Å². The van der Waals surface area contributed by atoms with Crippen LogP contribution in [-0.4, -0.2) is 16.7 Å². The molecule has 0 atom stereocenters. The fourth-order valence-corrected chi connectivity index (χ4v) is 2.87. The highest BCUT2D eigenvalue weighted by atomic mass is 79.9. The van der Waals surface area contributed by atoms with Crippen molar-refractivity contribution < 1.29 is 9.13 Å². The molecule has 0 fully saturated rings. The van der Waals surface area contributed by atoms with E-state index in [0.29, 0.717) is 21.3 Å². The van der Waals surface area contributed by atoms with Crippen molar-refractivity contribution in [2.24, 2.45) is 0 Å². The van der Waals surface area contributed by atoms with Gasteiger partial charge >= 0.3 is 0 Å². The molecule has 0 aliphatic rings. The van der Waals surface area contributed by atoms with E-state index in [2.05, 4.69) is 20.9 Å². The highest BCUT2D eigenvalue weighted by Crippen LogP contribution is 2.24. The van der Waals surface area contributed by atoms with Gasteiger partial charge in [-0.1, -0.05) is 12.1 Å². The Kier molecular flexibility index (Phi) is 3.82. The Morgan fingerprint density at radius 2 is 2.14 bits per heavy atom. The van der Waals surface area contributed by atoms with Crippen LogP contribution in [0.2, 0.25) is 0 Å². The van der Waals surface area contributed by atoms with Crippen LogP contribution in [0.4, 0.5) is 4.39 Å². The molecule has 0 saturated heterocycles. The second-order valence-corrected chi connectivity index (χ2v) is 5.89. The van der Waals surface area contributed by atoms with Crippen LogP contribution >= 0.6 is 28.1 Å². The predicted molar refractivity (Wildman–Crippen MR) is 86.9 cm³/mol. The van der Waals surface area contributed by atoms with Crippen LogP contribution in [0.3, 0.4) is 0 Å². The SMILES string of the molecule is COc1cccc(Cn2c(=S)[nH]c3cc(F)c(Br)cc32)c1. The van der Waals surface area contributed by atoms with E-state index < -0.39 is 0 Å². The Balaban J connectivity index is 2.09. The summed E-state index contributed by atoms with van der Waals surface area (Å²) in [6, 6.07) is 11.0. The number of nitrogens with one attached hydrogen (secondary N) is 1. The second-order valence-electron chi connectivity index (χ2n) is 4.65. The van der Waals surface area contributed by atoms with Crippen molar-refractivity contribution in [2.45, 2.75) is 6.54 Å². The largest absolute Gasteiger partial charge is 0.497 e. The number of H-pyrrole nitrogens is 1. The molecule has 1 heterocycles. The number of halogens is 2. The van der Waals surface area contributed by atoms with E-state index in [1.165, 1.54) is 6.07 Å². The zero-order valence-corrected chi connectivity index (χ0v) is 13.6. The lowest BCUT2D eigenvalue weighted by Crippen LogP contribution is -2.00. The average molecular weight is 367 g/mol. The fraction of sp³-hybridized carbons (Fsp3) is 0.133. The number of benzene rings is 2. The maximum atomic E-state index is 13.6. The number of hydrogen-bond acceptors (Lipinski definition) is 2. The number of rotatable bonds is 3. The van der Waals surface area contributed by atoms with Gasteiger partial charge in [0.25, 0.3) is 0 Å². The molecule has 0 saturated carbocycles. The molecule has 3 nitrogen and oxygen atoms in total. The molecule has 3 aromatic rings. The molecule has 0 spiro atoms. The van der Waals surface area contributed by atoms with E-state index in [4.69, 9.17) is 17.0 Å². The monoisotopic (exact) mass is 366 g/mol. The number of fused-ring (bicyclic) bond motifs is 1. The molecule has 0 amide bonds. The Bertz CT molecular complexity index is 872. The minimum atomic E-state index is -0.313. The van der Waals surface area contributed by atoms with Crippen LogP contribution in [0.15, 0.2) is 40.9 Å². The number of methoxy groups -OCH3 is 1. The lowest BCUT2D eigenvalue weighted by Gasteiger charge is -2.07. The van der Waals surface area contributed by atoms with Gasteiger partial charge in [-0.3, -0.25) is 0 Å². The third-order valence-electron chi connectivity index (χ3n) is 3.29. The van der Waals surface area contributed by atoms with Gasteiger partial charge in [-0.25, -0.2) is 4.39 Å². The standard InChI is InChI=1S/C15H12BrFN2OS/c1-20-10-4-2-3-9(5-10)8-19-14-6-11(16)12(17)7-13(14)18-15(19)21/h2-7H,8H2,1H3,(H,18,21). The molecule has 21 heavy (non-hydrogen) atoms. The molecule has 1 N–H and O–H groups in total. The summed E-state index contributed by atoms with van der Waals surface area (Å²) in [7, 11) is 1.64. The predicted octanol–water partition coefficient (Wildman–Crippen LogP) is 4.66. The maximum Gasteiger partial charge on any atom is 0.178 e. The van der Waals surface area contributed by atoms with Gasteiger partial charge in [-0.2, -0.15) is 0 Å². The van der Waals surface area contributed by atoms with E-state index in [1.54, 1.807) is 13.2 Å². The molecule has 108 valence electrons. The molecule has 0 bridgehead atoms. The van der Waals surface area contributed by atoms with Crippen molar-refractivity contribution in [1.82, 2.24) is 9.55 Å². The summed E-state index contributed by atoms with van der Waals surface area (Å²) >= 11 is 8.55. The number of hydrogen-bond donors (Lipinski definition) is 1. The zero-order valence-electron chi connectivity index (χ0n) is 11.2. The first kappa shape index (κ1) is 14.3. The quantitative estimate of drug-likeness (QED) is 0.683. The Hall–Kier alpha value is -1.66. The zero-order chi connectivity index (χ0) is 15.0. The third kappa shape index (κ3) is 2.73. The number of imidazole rings is 1. The maximum absolute atomic E-state index is 13.6. The van der Waals surface area contributed by atoms with Crippen molar-refractivity contribution in [3.05, 3.63) is 57.0 Å². The smallest absolute Gasteiger partial charge is 0.178 e. The van der Waals surface area contributed by atoms with Gasteiger partial charge in [0.1, 0.15) is 11.6 Å². The van der Waals surface area contributed by atoms with Crippen LogP contribution < -0.4 is 4.74 Å². The lowest BCUT2D eigenvalue weighted by atomic mass is 10.2. The molecule has 0 aliphatic carbocycles. The van der Waals surface area contributed by atoms with Crippen molar-refractivity contribution >= 4 is 39.2 Å². The number of aromatic nitrogens is 2. The van der Waals surface area contributed by atoms with Gasteiger partial charge in [-0.15, -0.1) is 0 Å². The Morgan fingerprint density at radius 1 is 1.33 bits per heavy atom. The molecule has 0 radical (unpaired) electrons. The van der Waals surface area contributed by atoms with Gasteiger partial charge < -0.3 is 14.3 Å². The summed E-state index contributed by atoms with van der Waals surface area (Å²) in [5.74, 6) is 0.485. The molecule has 1 aromatic heterocycles. The summed E-state index contributed by atoms with van der Waals surface area (Å²) in [5.41, 5.74) is 2.60. The van der Waals surface area contributed by atoms with Crippen molar-refractivity contribution in [2.75, 3.05) is 7.11 Å². The van der Waals surface area contributed by atoms with Gasteiger partial charge in [0.15, 0.2) is 4.77 Å². The molecule has 3 rings (SSSR count). The lowest BCUT2D eigenvalue weighted by molar-refractivity contribution is 0.414. The van der Waals surface area contributed by atoms with E-state index in [0.717, 1.165) is 16.8 Å². The molecular weight excluding hydrogens is 355 g/mol. The minimum Gasteiger partial charge on any atom is -0.497 e. The normalized spacial score (nSPS) is 11.0. The van der Waals surface area contributed by atoms with Gasteiger partial charge in [0, 0.05) is 6.07 Å². The Morgan fingerprint density at radius 3 is 2.90 bits per heavy atom. The summed E-state index contributed by atoms with van der Waals surface area (Å²) in [5, 5.41) is 0. The van der Waals surface area contributed by atoms with E-state index in [1.807, 2.05) is 28.8 Å². The van der Waals surface area contributed by atoms with Gasteiger partial charge in [0.05, 0.1) is 29.2 Å². The second kappa shape index (κ2) is 5.61. The number of aromatic amines is 1. The number of nitrogens with zero attached hydrogens (tertiary/aromatic N) is 1. The third-order valence-corrected chi connectivity index (χ3v) is 4.22. The van der Waals surface area contributed by atoms with Crippen LogP contribution in [0.1, 0.15) is 5.56 Å². The van der Waals surface area contributed by atoms with Crippen LogP contribution in [0.5, 0.6) is 5.75 Å². The first-order valence-electron chi connectivity index (χ1n) is 6.29. The molecule has 0 aliphatic heterocycles. The molecular formula is C15H12BrFN2OS. The van der Waals surface area contributed by atoms with Crippen LogP contribution in [-0.2, 0) is 6.54 Å². The first-order valence-corrected chi connectivity index (χ1v) is 7.49. The topological polar surface area (TPSA) is 29.9 Å². The van der Waals surface area contributed by atoms with Crippen LogP contribution in [0, 0.1) is 10.6 Å². The van der Waals surface area contributed by atoms with Crippen LogP contribution in [0.25, 0.3) is 11.0 Å². The number of ether oxygens (including phenoxy) is 1. The first-order chi connectivity index (χ1) is 10.1. The van der Waals surface area contributed by atoms with E-state index >= 15 is 0 Å².